The van der Waals surface area contributed by atoms with E-state index in [0.717, 1.165) is 38.7 Å². The molecule has 0 bridgehead atoms. The molecular formula is C34H25N7O2. The third-order valence-electron chi connectivity index (χ3n) is 7.80. The average molecular weight is 564 g/mol. The summed E-state index contributed by atoms with van der Waals surface area (Å²) in [5, 5.41) is 31.3. The minimum Gasteiger partial charge on any atom is -0.268 e. The number of benzene rings is 5. The second kappa shape index (κ2) is 10.5. The lowest BCUT2D eigenvalue weighted by molar-refractivity contribution is -0.384. The topological polar surface area (TPSA) is 105 Å². The van der Waals surface area contributed by atoms with Crippen molar-refractivity contribution >= 4 is 16.6 Å². The summed E-state index contributed by atoms with van der Waals surface area (Å²) in [4.78, 5) is 13.1. The Morgan fingerprint density at radius 2 is 1.33 bits per heavy atom. The number of hydrogen-bond acceptors (Lipinski definition) is 6. The molecule has 0 unspecified atom stereocenters. The van der Waals surface area contributed by atoms with Crippen LogP contribution in [0.1, 0.15) is 16.7 Å². The van der Waals surface area contributed by atoms with Crippen LogP contribution in [0.2, 0.25) is 0 Å². The van der Waals surface area contributed by atoms with E-state index in [9.17, 15) is 10.1 Å². The molecule has 0 spiro atoms. The molecule has 0 N–H and O–H groups in total. The van der Waals surface area contributed by atoms with E-state index in [4.69, 9.17) is 5.10 Å². The summed E-state index contributed by atoms with van der Waals surface area (Å²) in [6, 6.07) is 40.8. The number of nitro benzene ring substituents is 1. The second-order valence-electron chi connectivity index (χ2n) is 10.2. The van der Waals surface area contributed by atoms with Crippen LogP contribution in [0, 0.1) is 10.1 Å². The van der Waals surface area contributed by atoms with E-state index in [1.807, 2.05) is 116 Å². The van der Waals surface area contributed by atoms with Crippen LogP contribution >= 0.6 is 0 Å². The molecule has 2 heterocycles. The Labute approximate surface area is 246 Å². The first-order valence-corrected chi connectivity index (χ1v) is 13.7. The fourth-order valence-electron chi connectivity index (χ4n) is 5.76. The van der Waals surface area contributed by atoms with Gasteiger partial charge < -0.3 is 0 Å². The molecule has 0 amide bonds. The van der Waals surface area contributed by atoms with Gasteiger partial charge in [-0.2, -0.15) is 5.10 Å². The molecule has 0 atom stereocenters. The number of fused-ring (bicyclic) bond motifs is 1. The average Bonchev–Trinajstić information content (AvgIpc) is 3.70. The summed E-state index contributed by atoms with van der Waals surface area (Å²) in [7, 11) is 1.89. The van der Waals surface area contributed by atoms with Crippen molar-refractivity contribution in [2.45, 2.75) is 5.54 Å². The summed E-state index contributed by atoms with van der Waals surface area (Å²) < 4.78 is 1.80. The number of aromatic nitrogens is 6. The fraction of sp³-hybridized carbons (Fsp3) is 0.0588. The van der Waals surface area contributed by atoms with Gasteiger partial charge in [0.15, 0.2) is 5.54 Å². The highest BCUT2D eigenvalue weighted by Gasteiger charge is 2.41. The molecule has 0 aliphatic carbocycles. The molecule has 208 valence electrons. The Bertz CT molecular complexity index is 1970. The molecule has 0 aliphatic rings. The Morgan fingerprint density at radius 3 is 1.91 bits per heavy atom. The van der Waals surface area contributed by atoms with E-state index >= 15 is 0 Å². The maximum Gasteiger partial charge on any atom is 0.270 e. The van der Waals surface area contributed by atoms with Crippen LogP contribution in [0.4, 0.5) is 5.69 Å². The van der Waals surface area contributed by atoms with Gasteiger partial charge in [0.25, 0.3) is 5.69 Å². The molecule has 7 aromatic rings. The molecule has 9 heteroatoms. The van der Waals surface area contributed by atoms with Crippen molar-refractivity contribution < 1.29 is 4.92 Å². The maximum atomic E-state index is 11.9. The molecule has 0 aliphatic heterocycles. The van der Waals surface area contributed by atoms with E-state index in [1.54, 1.807) is 21.7 Å². The summed E-state index contributed by atoms with van der Waals surface area (Å²) in [6.07, 6.45) is 1.80. The van der Waals surface area contributed by atoms with Gasteiger partial charge in [-0.1, -0.05) is 97.1 Å². The predicted molar refractivity (Wildman–Crippen MR) is 164 cm³/mol. The van der Waals surface area contributed by atoms with Gasteiger partial charge in [-0.05, 0) is 51.2 Å². The summed E-state index contributed by atoms with van der Waals surface area (Å²) in [5.41, 5.74) is 4.90. The predicted octanol–water partition coefficient (Wildman–Crippen LogP) is 6.64. The normalized spacial score (nSPS) is 11.6. The molecule has 0 saturated carbocycles. The zero-order chi connectivity index (χ0) is 29.4. The molecular weight excluding hydrogens is 538 g/mol. The minimum atomic E-state index is -0.968. The van der Waals surface area contributed by atoms with E-state index < -0.39 is 10.5 Å². The largest absolute Gasteiger partial charge is 0.270 e. The number of nitro groups is 1. The maximum absolute atomic E-state index is 11.9. The number of nitrogens with zero attached hydrogens (tertiary/aromatic N) is 7. The Morgan fingerprint density at radius 1 is 0.721 bits per heavy atom. The van der Waals surface area contributed by atoms with Gasteiger partial charge in [0.05, 0.1) is 16.6 Å². The van der Waals surface area contributed by atoms with Crippen molar-refractivity contribution in [3.05, 3.63) is 160 Å². The van der Waals surface area contributed by atoms with Crippen LogP contribution in [0.15, 0.2) is 134 Å². The summed E-state index contributed by atoms with van der Waals surface area (Å²) >= 11 is 0. The van der Waals surface area contributed by atoms with Crippen molar-refractivity contribution in [2.24, 2.45) is 7.05 Å². The van der Waals surface area contributed by atoms with Crippen molar-refractivity contribution in [2.75, 3.05) is 0 Å². The van der Waals surface area contributed by atoms with Crippen molar-refractivity contribution in [3.8, 4) is 22.5 Å². The lowest BCUT2D eigenvalue weighted by Gasteiger charge is -2.34. The van der Waals surface area contributed by atoms with Gasteiger partial charge in [0.2, 0.25) is 5.82 Å². The zero-order valence-corrected chi connectivity index (χ0v) is 23.1. The van der Waals surface area contributed by atoms with Crippen molar-refractivity contribution in [3.63, 3.8) is 0 Å². The van der Waals surface area contributed by atoms with Gasteiger partial charge in [0, 0.05) is 30.1 Å². The highest BCUT2D eigenvalue weighted by molar-refractivity contribution is 5.89. The molecule has 7 rings (SSSR count). The Kier molecular flexibility index (Phi) is 6.32. The first kappa shape index (κ1) is 26.0. The molecule has 2 aromatic heterocycles. The van der Waals surface area contributed by atoms with Gasteiger partial charge in [-0.15, -0.1) is 15.0 Å². The van der Waals surface area contributed by atoms with Crippen LogP contribution in [0.25, 0.3) is 33.4 Å². The molecule has 0 fully saturated rings. The number of tetrazole rings is 1. The molecule has 9 nitrogen and oxygen atoms in total. The molecule has 43 heavy (non-hydrogen) atoms. The summed E-state index contributed by atoms with van der Waals surface area (Å²) in [5.74, 6) is 0.275. The second-order valence-corrected chi connectivity index (χ2v) is 10.2. The van der Waals surface area contributed by atoms with Gasteiger partial charge >= 0.3 is 0 Å². The third kappa shape index (κ3) is 4.34. The quantitative estimate of drug-likeness (QED) is 0.122. The minimum absolute atomic E-state index is 0.0574. The van der Waals surface area contributed by atoms with Crippen molar-refractivity contribution in [1.82, 2.24) is 30.0 Å². The monoisotopic (exact) mass is 563 g/mol. The van der Waals surface area contributed by atoms with Gasteiger partial charge in [-0.3, -0.25) is 14.8 Å². The highest BCUT2D eigenvalue weighted by atomic mass is 16.6. The van der Waals surface area contributed by atoms with Crippen molar-refractivity contribution in [1.29, 1.82) is 0 Å². The lowest BCUT2D eigenvalue weighted by Crippen LogP contribution is -2.39. The first-order chi connectivity index (χ1) is 21.1. The van der Waals surface area contributed by atoms with Crippen LogP contribution in [0.3, 0.4) is 0 Å². The van der Waals surface area contributed by atoms with E-state index in [1.165, 1.54) is 12.1 Å². The molecule has 0 saturated heterocycles. The van der Waals surface area contributed by atoms with Gasteiger partial charge in [0.1, 0.15) is 0 Å². The van der Waals surface area contributed by atoms with E-state index in [-0.39, 0.29) is 11.5 Å². The SMILES string of the molecule is Cn1ncc2cc(-c3ccc([N+](=O)[O-])cc3-c3nnn(C(c4ccccc4)(c4ccccc4)c4ccccc4)n3)ccc21. The highest BCUT2D eigenvalue weighted by Crippen LogP contribution is 2.41. The molecule has 0 radical (unpaired) electrons. The summed E-state index contributed by atoms with van der Waals surface area (Å²) in [6.45, 7) is 0. The number of aryl methyl sites for hydroxylation is 1. The number of non-ortho nitro benzene ring substituents is 1. The van der Waals surface area contributed by atoms with Crippen LogP contribution in [-0.2, 0) is 12.6 Å². The van der Waals surface area contributed by atoms with Crippen LogP contribution in [0.5, 0.6) is 0 Å². The third-order valence-corrected chi connectivity index (χ3v) is 7.80. The Hall–Kier alpha value is -5.96. The Balaban J connectivity index is 1.48. The van der Waals surface area contributed by atoms with Gasteiger partial charge in [-0.25, -0.2) is 0 Å². The smallest absolute Gasteiger partial charge is 0.268 e. The zero-order valence-electron chi connectivity index (χ0n) is 23.1. The standard InChI is InChI=1S/C34H25N7O2/c1-39-32-20-17-24(21-25(32)23-35-39)30-19-18-29(40(42)43)22-31(30)33-36-38-41(37-33)34(26-11-5-2-6-12-26,27-13-7-3-8-14-27)28-15-9-4-10-16-28/h2-23H,1H3. The fourth-order valence-corrected chi connectivity index (χ4v) is 5.76. The molecule has 5 aromatic carbocycles. The first-order valence-electron chi connectivity index (χ1n) is 13.7. The number of hydrogen-bond donors (Lipinski definition) is 0. The lowest BCUT2D eigenvalue weighted by atomic mass is 9.77. The number of rotatable bonds is 7. The van der Waals surface area contributed by atoms with Crippen LogP contribution in [-0.4, -0.2) is 34.9 Å². The van der Waals surface area contributed by atoms with E-state index in [2.05, 4.69) is 15.4 Å². The van der Waals surface area contributed by atoms with Crippen LogP contribution < -0.4 is 0 Å². The van der Waals surface area contributed by atoms with E-state index in [0.29, 0.717) is 5.56 Å².